The van der Waals surface area contributed by atoms with Gasteiger partial charge >= 0.3 is 0 Å². The minimum Gasteiger partial charge on any atom is -0.316 e. The van der Waals surface area contributed by atoms with Gasteiger partial charge in [0.05, 0.1) is 5.02 Å². The van der Waals surface area contributed by atoms with Crippen LogP contribution in [0.25, 0.3) is 0 Å². The fourth-order valence-electron chi connectivity index (χ4n) is 1.56. The third kappa shape index (κ3) is 4.00. The molecule has 1 aromatic rings. The summed E-state index contributed by atoms with van der Waals surface area (Å²) in [5, 5.41) is 4.23. The highest BCUT2D eigenvalue weighted by Crippen LogP contribution is 2.28. The molecular formula is C13H20ClNS. The Kier molecular flexibility index (Phi) is 6.25. The lowest BCUT2D eigenvalue weighted by Gasteiger charge is -2.22. The summed E-state index contributed by atoms with van der Waals surface area (Å²) in [4.78, 5) is 1.17. The van der Waals surface area contributed by atoms with E-state index in [0.29, 0.717) is 12.0 Å². The number of hydrogen-bond acceptors (Lipinski definition) is 2. The van der Waals surface area contributed by atoms with Crippen molar-refractivity contribution < 1.29 is 0 Å². The van der Waals surface area contributed by atoms with Crippen molar-refractivity contribution in [3.05, 3.63) is 29.3 Å². The molecule has 1 N–H and O–H groups in total. The van der Waals surface area contributed by atoms with Gasteiger partial charge in [0.15, 0.2) is 0 Å². The van der Waals surface area contributed by atoms with Crippen molar-refractivity contribution in [1.29, 1.82) is 0 Å². The van der Waals surface area contributed by atoms with Crippen molar-refractivity contribution in [2.45, 2.75) is 31.2 Å². The number of benzene rings is 1. The smallest absolute Gasteiger partial charge is 0.0541 e. The molecule has 3 heteroatoms. The summed E-state index contributed by atoms with van der Waals surface area (Å²) in [7, 11) is 2.03. The first-order valence-electron chi connectivity index (χ1n) is 5.73. The van der Waals surface area contributed by atoms with E-state index in [1.54, 1.807) is 0 Å². The van der Waals surface area contributed by atoms with Gasteiger partial charge in [0.1, 0.15) is 0 Å². The van der Waals surface area contributed by atoms with E-state index in [-0.39, 0.29) is 0 Å². The average molecular weight is 258 g/mol. The van der Waals surface area contributed by atoms with Gasteiger partial charge in [-0.25, -0.2) is 0 Å². The summed E-state index contributed by atoms with van der Waals surface area (Å²) in [5.74, 6) is 1.76. The molecule has 16 heavy (non-hydrogen) atoms. The SMILES string of the molecule is CCC(C)C(CSc1ccccc1Cl)NC. The molecule has 0 fully saturated rings. The highest BCUT2D eigenvalue weighted by molar-refractivity contribution is 7.99. The number of rotatable bonds is 6. The topological polar surface area (TPSA) is 12.0 Å². The number of halogens is 1. The van der Waals surface area contributed by atoms with E-state index in [4.69, 9.17) is 11.6 Å². The molecule has 0 spiro atoms. The van der Waals surface area contributed by atoms with Gasteiger partial charge in [-0.05, 0) is 25.1 Å². The molecule has 0 saturated heterocycles. The quantitative estimate of drug-likeness (QED) is 0.772. The van der Waals surface area contributed by atoms with E-state index < -0.39 is 0 Å². The minimum absolute atomic E-state index is 0.547. The highest BCUT2D eigenvalue weighted by atomic mass is 35.5. The maximum Gasteiger partial charge on any atom is 0.0541 e. The molecule has 0 aromatic heterocycles. The van der Waals surface area contributed by atoms with Gasteiger partial charge in [-0.1, -0.05) is 44.0 Å². The fraction of sp³-hybridized carbons (Fsp3) is 0.538. The molecule has 0 aliphatic heterocycles. The Morgan fingerprint density at radius 2 is 2.06 bits per heavy atom. The molecule has 0 amide bonds. The maximum atomic E-state index is 6.12. The van der Waals surface area contributed by atoms with Crippen LogP contribution >= 0.6 is 23.4 Å². The monoisotopic (exact) mass is 257 g/mol. The molecule has 0 heterocycles. The van der Waals surface area contributed by atoms with Crippen LogP contribution in [0.15, 0.2) is 29.2 Å². The standard InChI is InChI=1S/C13H20ClNS/c1-4-10(2)12(15-3)9-16-13-8-6-5-7-11(13)14/h5-8,10,12,15H,4,9H2,1-3H3. The van der Waals surface area contributed by atoms with Crippen LogP contribution in [-0.4, -0.2) is 18.8 Å². The maximum absolute atomic E-state index is 6.12. The number of hydrogen-bond donors (Lipinski definition) is 1. The Balaban J connectivity index is 2.53. The fourth-order valence-corrected chi connectivity index (χ4v) is 3.09. The summed E-state index contributed by atoms with van der Waals surface area (Å²) in [5.41, 5.74) is 0. The first kappa shape index (κ1) is 13.9. The normalized spacial score (nSPS) is 14.8. The van der Waals surface area contributed by atoms with Crippen LogP contribution in [0.3, 0.4) is 0 Å². The summed E-state index contributed by atoms with van der Waals surface area (Å²) in [6, 6.07) is 8.58. The summed E-state index contributed by atoms with van der Waals surface area (Å²) in [6.45, 7) is 4.52. The van der Waals surface area contributed by atoms with Gasteiger partial charge in [-0.3, -0.25) is 0 Å². The Morgan fingerprint density at radius 1 is 1.38 bits per heavy atom. The van der Waals surface area contributed by atoms with Crippen molar-refractivity contribution >= 4 is 23.4 Å². The summed E-state index contributed by atoms with van der Waals surface area (Å²) in [6.07, 6.45) is 1.20. The molecule has 1 rings (SSSR count). The zero-order chi connectivity index (χ0) is 12.0. The Morgan fingerprint density at radius 3 is 2.62 bits per heavy atom. The van der Waals surface area contributed by atoms with Gasteiger partial charge in [0.2, 0.25) is 0 Å². The molecule has 2 atom stereocenters. The first-order valence-corrected chi connectivity index (χ1v) is 7.10. The molecule has 0 aliphatic rings. The molecular weight excluding hydrogens is 238 g/mol. The van der Waals surface area contributed by atoms with Gasteiger partial charge in [0.25, 0.3) is 0 Å². The van der Waals surface area contributed by atoms with E-state index in [2.05, 4.69) is 25.2 Å². The Hall–Kier alpha value is -0.180. The second-order valence-electron chi connectivity index (χ2n) is 4.02. The third-order valence-corrected chi connectivity index (χ3v) is 4.59. The zero-order valence-electron chi connectivity index (χ0n) is 10.2. The van der Waals surface area contributed by atoms with E-state index in [9.17, 15) is 0 Å². The van der Waals surface area contributed by atoms with Crippen LogP contribution in [0.1, 0.15) is 20.3 Å². The highest BCUT2D eigenvalue weighted by Gasteiger charge is 2.14. The molecule has 0 saturated carbocycles. The average Bonchev–Trinajstić information content (AvgIpc) is 2.31. The largest absolute Gasteiger partial charge is 0.316 e. The predicted octanol–water partition coefficient (Wildman–Crippen LogP) is 4.07. The van der Waals surface area contributed by atoms with Crippen LogP contribution in [0.2, 0.25) is 5.02 Å². The third-order valence-electron chi connectivity index (χ3n) is 2.96. The van der Waals surface area contributed by atoms with Crippen LogP contribution in [0.5, 0.6) is 0 Å². The van der Waals surface area contributed by atoms with Crippen LogP contribution in [0.4, 0.5) is 0 Å². The Bertz CT molecular complexity index is 317. The van der Waals surface area contributed by atoms with Crippen LogP contribution in [0, 0.1) is 5.92 Å². The van der Waals surface area contributed by atoms with Crippen LogP contribution in [-0.2, 0) is 0 Å². The van der Waals surface area contributed by atoms with E-state index in [1.165, 1.54) is 11.3 Å². The van der Waals surface area contributed by atoms with Crippen molar-refractivity contribution in [2.75, 3.05) is 12.8 Å². The molecule has 0 aliphatic carbocycles. The lowest BCUT2D eigenvalue weighted by molar-refractivity contribution is 0.420. The van der Waals surface area contributed by atoms with E-state index in [0.717, 1.165) is 10.8 Å². The van der Waals surface area contributed by atoms with Gasteiger partial charge in [0, 0.05) is 16.7 Å². The first-order chi connectivity index (χ1) is 7.69. The van der Waals surface area contributed by atoms with Gasteiger partial charge < -0.3 is 5.32 Å². The lowest BCUT2D eigenvalue weighted by Crippen LogP contribution is -2.34. The summed E-state index contributed by atoms with van der Waals surface area (Å²) >= 11 is 7.95. The van der Waals surface area contributed by atoms with Crippen molar-refractivity contribution in [1.82, 2.24) is 5.32 Å². The van der Waals surface area contributed by atoms with Crippen molar-refractivity contribution in [2.24, 2.45) is 5.92 Å². The van der Waals surface area contributed by atoms with Crippen molar-refractivity contribution in [3.8, 4) is 0 Å². The zero-order valence-corrected chi connectivity index (χ0v) is 11.7. The summed E-state index contributed by atoms with van der Waals surface area (Å²) < 4.78 is 0. The second kappa shape index (κ2) is 7.21. The van der Waals surface area contributed by atoms with E-state index >= 15 is 0 Å². The minimum atomic E-state index is 0.547. The number of thioether (sulfide) groups is 1. The van der Waals surface area contributed by atoms with Gasteiger partial charge in [-0.15, -0.1) is 11.8 Å². The molecule has 1 nitrogen and oxygen atoms in total. The molecule has 0 radical (unpaired) electrons. The number of nitrogens with one attached hydrogen (secondary N) is 1. The van der Waals surface area contributed by atoms with Crippen LogP contribution < -0.4 is 5.32 Å². The predicted molar refractivity (Wildman–Crippen MR) is 74.5 cm³/mol. The van der Waals surface area contributed by atoms with E-state index in [1.807, 2.05) is 37.0 Å². The Labute approximate surface area is 108 Å². The van der Waals surface area contributed by atoms with Crippen molar-refractivity contribution in [3.63, 3.8) is 0 Å². The molecule has 0 bridgehead atoms. The van der Waals surface area contributed by atoms with Gasteiger partial charge in [-0.2, -0.15) is 0 Å². The molecule has 90 valence electrons. The molecule has 1 aromatic carbocycles. The lowest BCUT2D eigenvalue weighted by atomic mass is 10.0. The second-order valence-corrected chi connectivity index (χ2v) is 5.49. The molecule has 2 unspecified atom stereocenters.